The molecule has 0 radical (unpaired) electrons. The summed E-state index contributed by atoms with van der Waals surface area (Å²) in [4.78, 5) is 14.7. The summed E-state index contributed by atoms with van der Waals surface area (Å²) < 4.78 is 13.9. The monoisotopic (exact) mass is 305 g/mol. The van der Waals surface area contributed by atoms with Crippen LogP contribution in [-0.4, -0.2) is 29.3 Å². The van der Waals surface area contributed by atoms with Crippen molar-refractivity contribution in [1.29, 1.82) is 0 Å². The number of alkyl halides is 1. The zero-order chi connectivity index (χ0) is 14.8. The van der Waals surface area contributed by atoms with E-state index in [1.54, 1.807) is 24.3 Å². The molecule has 1 fully saturated rings. The second-order valence-corrected chi connectivity index (χ2v) is 5.79. The van der Waals surface area contributed by atoms with Gasteiger partial charge in [-0.05, 0) is 36.8 Å². The van der Waals surface area contributed by atoms with Crippen LogP contribution in [0, 0.1) is 5.82 Å². The van der Waals surface area contributed by atoms with Crippen LogP contribution in [-0.2, 0) is 0 Å². The van der Waals surface area contributed by atoms with Crippen molar-refractivity contribution in [3.05, 3.63) is 47.8 Å². The molecule has 110 valence electrons. The molecule has 0 bridgehead atoms. The maximum atomic E-state index is 13.9. The van der Waals surface area contributed by atoms with Gasteiger partial charge in [0.15, 0.2) is 0 Å². The third-order valence-electron chi connectivity index (χ3n) is 4.20. The molecule has 1 saturated carbocycles. The van der Waals surface area contributed by atoms with Gasteiger partial charge in [-0.15, -0.1) is 11.6 Å². The van der Waals surface area contributed by atoms with E-state index in [2.05, 4.69) is 0 Å². The summed E-state index contributed by atoms with van der Waals surface area (Å²) in [5.41, 5.74) is 0.559. The van der Waals surface area contributed by atoms with E-state index >= 15 is 0 Å². The number of carbonyl (C=O) groups is 1. The fourth-order valence-corrected chi connectivity index (χ4v) is 3.02. The molecule has 0 spiro atoms. The summed E-state index contributed by atoms with van der Waals surface area (Å²) in [5, 5.41) is 1.16. The molecule has 1 amide bonds. The quantitative estimate of drug-likeness (QED) is 0.775. The van der Waals surface area contributed by atoms with Crippen LogP contribution in [0.5, 0.6) is 0 Å². The second kappa shape index (κ2) is 6.02. The molecule has 0 aromatic heterocycles. The maximum absolute atomic E-state index is 13.9. The Hall–Kier alpha value is -1.61. The lowest BCUT2D eigenvalue weighted by atomic mass is 9.90. The first-order chi connectivity index (χ1) is 10.2. The van der Waals surface area contributed by atoms with Gasteiger partial charge in [0.1, 0.15) is 5.82 Å². The molecule has 0 heterocycles. The highest BCUT2D eigenvalue weighted by atomic mass is 35.5. The zero-order valence-corrected chi connectivity index (χ0v) is 12.4. The van der Waals surface area contributed by atoms with Gasteiger partial charge in [-0.1, -0.05) is 24.3 Å². The van der Waals surface area contributed by atoms with E-state index in [4.69, 9.17) is 11.6 Å². The number of halogens is 2. The van der Waals surface area contributed by atoms with Gasteiger partial charge in [0, 0.05) is 29.4 Å². The third-order valence-corrected chi connectivity index (χ3v) is 4.37. The molecule has 0 unspecified atom stereocenters. The fraction of sp³-hybridized carbons (Fsp3) is 0.353. The smallest absolute Gasteiger partial charge is 0.254 e. The molecule has 3 rings (SSSR count). The number of fused-ring (bicyclic) bond motifs is 1. The van der Waals surface area contributed by atoms with E-state index in [1.165, 1.54) is 6.07 Å². The Morgan fingerprint density at radius 1 is 1.19 bits per heavy atom. The Morgan fingerprint density at radius 2 is 1.90 bits per heavy atom. The van der Waals surface area contributed by atoms with E-state index in [1.807, 2.05) is 11.0 Å². The van der Waals surface area contributed by atoms with Crippen molar-refractivity contribution in [3.63, 3.8) is 0 Å². The predicted molar refractivity (Wildman–Crippen MR) is 83.3 cm³/mol. The summed E-state index contributed by atoms with van der Waals surface area (Å²) >= 11 is 5.84. The van der Waals surface area contributed by atoms with Crippen LogP contribution in [0.25, 0.3) is 10.8 Å². The van der Waals surface area contributed by atoms with Crippen molar-refractivity contribution in [2.24, 2.45) is 0 Å². The van der Waals surface area contributed by atoms with Gasteiger partial charge in [-0.2, -0.15) is 0 Å². The van der Waals surface area contributed by atoms with Crippen LogP contribution in [0.15, 0.2) is 36.4 Å². The Labute approximate surface area is 128 Å². The van der Waals surface area contributed by atoms with E-state index in [-0.39, 0.29) is 17.8 Å². The number of nitrogens with zero attached hydrogens (tertiary/aromatic N) is 1. The lowest BCUT2D eigenvalue weighted by Gasteiger charge is -2.37. The number of amides is 1. The minimum atomic E-state index is -0.297. The summed E-state index contributed by atoms with van der Waals surface area (Å²) in [6, 6.07) is 10.3. The van der Waals surface area contributed by atoms with Crippen molar-refractivity contribution >= 4 is 28.3 Å². The average Bonchev–Trinajstić information content (AvgIpc) is 2.45. The van der Waals surface area contributed by atoms with Crippen LogP contribution in [0.2, 0.25) is 0 Å². The Balaban J connectivity index is 2.02. The molecule has 4 heteroatoms. The highest BCUT2D eigenvalue weighted by molar-refractivity contribution is 6.18. The molecule has 1 aliphatic rings. The number of hydrogen-bond donors (Lipinski definition) is 0. The standard InChI is InChI=1S/C17H17ClFNO/c18-10-11-20(12-4-3-5-12)17(21)15-8-9-16(19)14-7-2-1-6-13(14)15/h1-2,6-9,12H,3-5,10-11H2. The number of benzene rings is 2. The normalized spacial score (nSPS) is 15.0. The van der Waals surface area contributed by atoms with Gasteiger partial charge in [0.05, 0.1) is 0 Å². The summed E-state index contributed by atoms with van der Waals surface area (Å²) in [7, 11) is 0. The molecule has 0 saturated heterocycles. The molecular formula is C17H17ClFNO. The maximum Gasteiger partial charge on any atom is 0.254 e. The van der Waals surface area contributed by atoms with Crippen molar-refractivity contribution in [3.8, 4) is 0 Å². The molecule has 0 N–H and O–H groups in total. The van der Waals surface area contributed by atoms with E-state index in [0.717, 1.165) is 19.3 Å². The second-order valence-electron chi connectivity index (χ2n) is 5.41. The molecular weight excluding hydrogens is 289 g/mol. The van der Waals surface area contributed by atoms with Gasteiger partial charge in [-0.3, -0.25) is 4.79 Å². The Morgan fingerprint density at radius 3 is 2.52 bits per heavy atom. The molecule has 0 aliphatic heterocycles. The minimum absolute atomic E-state index is 0.0449. The third kappa shape index (κ3) is 2.62. The topological polar surface area (TPSA) is 20.3 Å². The molecule has 1 aliphatic carbocycles. The Bertz CT molecular complexity index is 669. The molecule has 2 nitrogen and oxygen atoms in total. The van der Waals surface area contributed by atoms with E-state index in [0.29, 0.717) is 28.8 Å². The summed E-state index contributed by atoms with van der Waals surface area (Å²) in [5.74, 6) is 0.0766. The van der Waals surface area contributed by atoms with Crippen LogP contribution in [0.4, 0.5) is 4.39 Å². The highest BCUT2D eigenvalue weighted by Crippen LogP contribution is 2.29. The number of rotatable bonds is 4. The first-order valence-corrected chi connectivity index (χ1v) is 7.80. The first kappa shape index (κ1) is 14.3. The van der Waals surface area contributed by atoms with Gasteiger partial charge in [0.25, 0.3) is 5.91 Å². The van der Waals surface area contributed by atoms with Gasteiger partial charge in [0.2, 0.25) is 0 Å². The SMILES string of the molecule is O=C(c1ccc(F)c2ccccc12)N(CCCl)C1CCC1. The molecule has 0 atom stereocenters. The lowest BCUT2D eigenvalue weighted by molar-refractivity contribution is 0.0600. The van der Waals surface area contributed by atoms with E-state index < -0.39 is 0 Å². The Kier molecular flexibility index (Phi) is 4.11. The van der Waals surface area contributed by atoms with Crippen LogP contribution in [0.3, 0.4) is 0 Å². The van der Waals surface area contributed by atoms with Crippen LogP contribution < -0.4 is 0 Å². The summed E-state index contributed by atoms with van der Waals surface area (Å²) in [6.07, 6.45) is 3.21. The highest BCUT2D eigenvalue weighted by Gasteiger charge is 2.29. The van der Waals surface area contributed by atoms with Crippen LogP contribution >= 0.6 is 11.6 Å². The average molecular weight is 306 g/mol. The van der Waals surface area contributed by atoms with Crippen molar-refractivity contribution < 1.29 is 9.18 Å². The molecule has 2 aromatic carbocycles. The van der Waals surface area contributed by atoms with Crippen molar-refractivity contribution in [2.75, 3.05) is 12.4 Å². The van der Waals surface area contributed by atoms with Crippen LogP contribution in [0.1, 0.15) is 29.6 Å². The molecule has 21 heavy (non-hydrogen) atoms. The lowest BCUT2D eigenvalue weighted by Crippen LogP contribution is -2.45. The zero-order valence-electron chi connectivity index (χ0n) is 11.7. The van der Waals surface area contributed by atoms with Gasteiger partial charge >= 0.3 is 0 Å². The largest absolute Gasteiger partial charge is 0.334 e. The summed E-state index contributed by atoms with van der Waals surface area (Å²) in [6.45, 7) is 0.538. The molecule has 2 aromatic rings. The van der Waals surface area contributed by atoms with Gasteiger partial charge in [-0.25, -0.2) is 4.39 Å². The van der Waals surface area contributed by atoms with Gasteiger partial charge < -0.3 is 4.90 Å². The minimum Gasteiger partial charge on any atom is -0.334 e. The van der Waals surface area contributed by atoms with E-state index in [9.17, 15) is 9.18 Å². The van der Waals surface area contributed by atoms with Crippen molar-refractivity contribution in [2.45, 2.75) is 25.3 Å². The number of hydrogen-bond acceptors (Lipinski definition) is 1. The predicted octanol–water partition coefficient (Wildman–Crippen LogP) is 4.21. The number of carbonyl (C=O) groups excluding carboxylic acids is 1. The van der Waals surface area contributed by atoms with Crippen molar-refractivity contribution in [1.82, 2.24) is 4.90 Å². The first-order valence-electron chi connectivity index (χ1n) is 7.26. The fourth-order valence-electron chi connectivity index (χ4n) is 2.84.